The van der Waals surface area contributed by atoms with Crippen molar-refractivity contribution in [2.75, 3.05) is 20.3 Å². The number of aromatic nitrogens is 1. The molecule has 0 aromatic carbocycles. The van der Waals surface area contributed by atoms with Gasteiger partial charge in [0.1, 0.15) is 0 Å². The molecule has 1 aromatic heterocycles. The fourth-order valence-corrected chi connectivity index (χ4v) is 1.76. The molecule has 0 radical (unpaired) electrons. The molecule has 118 valence electrons. The summed E-state index contributed by atoms with van der Waals surface area (Å²) >= 11 is 0. The molecule has 7 heteroatoms. The topological polar surface area (TPSA) is 98.0 Å². The lowest BCUT2D eigenvalue weighted by Crippen LogP contribution is -2.27. The van der Waals surface area contributed by atoms with Gasteiger partial charge in [-0.1, -0.05) is 13.3 Å². The Labute approximate surface area is 122 Å². The summed E-state index contributed by atoms with van der Waals surface area (Å²) in [6.45, 7) is 1.78. The zero-order valence-corrected chi connectivity index (χ0v) is 12.2. The maximum Gasteiger partial charge on any atom is 0.358 e. The lowest BCUT2D eigenvalue weighted by Gasteiger charge is -2.17. The number of nitrogens with zero attached hydrogens (tertiary/aromatic N) is 1. The summed E-state index contributed by atoms with van der Waals surface area (Å²) in [7, 11) is 1.20. The van der Waals surface area contributed by atoms with Crippen molar-refractivity contribution in [1.82, 2.24) is 4.57 Å². The zero-order chi connectivity index (χ0) is 15.8. The lowest BCUT2D eigenvalue weighted by molar-refractivity contribution is 0.0558. The van der Waals surface area contributed by atoms with Crippen molar-refractivity contribution >= 4 is 5.97 Å². The molecule has 1 atom stereocenters. The normalized spacial score (nSPS) is 12.0. The average Bonchev–Trinajstić information content (AvgIpc) is 2.49. The first kappa shape index (κ1) is 17.2. The van der Waals surface area contributed by atoms with Crippen LogP contribution in [0.15, 0.2) is 17.1 Å². The van der Waals surface area contributed by atoms with Gasteiger partial charge in [0.25, 0.3) is 0 Å². The molecule has 1 rings (SSSR count). The minimum Gasteiger partial charge on any atom is -0.487 e. The number of esters is 1. The molecule has 0 fully saturated rings. The third-order valence-corrected chi connectivity index (χ3v) is 2.87. The van der Waals surface area contributed by atoms with Crippen LogP contribution >= 0.6 is 0 Å². The minimum atomic E-state index is -1.06. The van der Waals surface area contributed by atoms with Crippen molar-refractivity contribution in [2.45, 2.75) is 32.4 Å². The van der Waals surface area contributed by atoms with Gasteiger partial charge in [-0.25, -0.2) is 4.79 Å². The van der Waals surface area contributed by atoms with Crippen LogP contribution in [0.1, 0.15) is 30.3 Å². The van der Waals surface area contributed by atoms with Gasteiger partial charge in [-0.15, -0.1) is 0 Å². The number of carbonyl (C=O) groups excluding carboxylic acids is 1. The highest BCUT2D eigenvalue weighted by Crippen LogP contribution is 2.16. The molecule has 0 aliphatic rings. The van der Waals surface area contributed by atoms with E-state index >= 15 is 0 Å². The Kier molecular flexibility index (Phi) is 6.90. The van der Waals surface area contributed by atoms with Crippen molar-refractivity contribution in [3.05, 3.63) is 28.2 Å². The Morgan fingerprint density at radius 1 is 1.48 bits per heavy atom. The number of hydrogen-bond acceptors (Lipinski definition) is 6. The van der Waals surface area contributed by atoms with Gasteiger partial charge >= 0.3 is 5.97 Å². The number of aliphatic hydroxyl groups excluding tert-OH is 2. The Balaban J connectivity index is 3.21. The fraction of sp³-hybridized carbons (Fsp3) is 0.571. The summed E-state index contributed by atoms with van der Waals surface area (Å²) < 4.78 is 11.4. The average molecular weight is 299 g/mol. The van der Waals surface area contributed by atoms with Gasteiger partial charge in [0.2, 0.25) is 5.43 Å². The highest BCUT2D eigenvalue weighted by molar-refractivity contribution is 5.90. The molecule has 2 N–H and O–H groups in total. The van der Waals surface area contributed by atoms with E-state index in [9.17, 15) is 14.7 Å². The van der Waals surface area contributed by atoms with Crippen LogP contribution in [0.25, 0.3) is 0 Å². The third-order valence-electron chi connectivity index (χ3n) is 2.87. The molecule has 0 amide bonds. The van der Waals surface area contributed by atoms with Crippen molar-refractivity contribution in [3.8, 4) is 5.75 Å². The van der Waals surface area contributed by atoms with Crippen LogP contribution in [0.2, 0.25) is 0 Å². The van der Waals surface area contributed by atoms with Gasteiger partial charge in [-0.3, -0.25) is 4.79 Å². The molecule has 0 saturated heterocycles. The van der Waals surface area contributed by atoms with Crippen LogP contribution in [0.3, 0.4) is 0 Å². The Morgan fingerprint density at radius 3 is 2.76 bits per heavy atom. The maximum atomic E-state index is 11.9. The van der Waals surface area contributed by atoms with Crippen molar-refractivity contribution in [3.63, 3.8) is 0 Å². The molecule has 0 spiro atoms. The van der Waals surface area contributed by atoms with E-state index in [1.54, 1.807) is 0 Å². The molecule has 7 nitrogen and oxygen atoms in total. The quantitative estimate of drug-likeness (QED) is 0.524. The van der Waals surface area contributed by atoms with Crippen LogP contribution in [0, 0.1) is 0 Å². The number of hydrogen-bond donors (Lipinski definition) is 2. The molecule has 0 bridgehead atoms. The first-order valence-corrected chi connectivity index (χ1v) is 6.78. The summed E-state index contributed by atoms with van der Waals surface area (Å²) in [6.07, 6.45) is 1.94. The van der Waals surface area contributed by atoms with E-state index in [2.05, 4.69) is 4.74 Å². The second kappa shape index (κ2) is 8.43. The summed E-state index contributed by atoms with van der Waals surface area (Å²) in [6, 6.07) is 1.25. The van der Waals surface area contributed by atoms with Crippen LogP contribution < -0.4 is 10.2 Å². The lowest BCUT2D eigenvalue weighted by atomic mass is 10.2. The van der Waals surface area contributed by atoms with E-state index in [1.807, 2.05) is 6.92 Å². The van der Waals surface area contributed by atoms with Crippen LogP contribution in [-0.4, -0.2) is 47.2 Å². The second-order valence-corrected chi connectivity index (χ2v) is 4.54. The Bertz CT molecular complexity index is 525. The molecule has 1 unspecified atom stereocenters. The Hall–Kier alpha value is -1.86. The number of carbonyl (C=O) groups is 1. The standard InChI is InChI=1S/C14H21NO6/c1-3-4-7-21-13-11(18)5-6-15(8-10(17)9-16)12(13)14(19)20-2/h5-6,10,16-17H,3-4,7-9H2,1-2H3. The van der Waals surface area contributed by atoms with Gasteiger partial charge in [0.05, 0.1) is 33.0 Å². The number of pyridine rings is 1. The van der Waals surface area contributed by atoms with Gasteiger partial charge in [-0.05, 0) is 6.42 Å². The molecule has 0 saturated carbocycles. The predicted octanol–water partition coefficient (Wildman–Crippen LogP) is 0.167. The van der Waals surface area contributed by atoms with Crippen LogP contribution in [0.5, 0.6) is 5.75 Å². The van der Waals surface area contributed by atoms with E-state index in [1.165, 1.54) is 23.9 Å². The molecule has 1 aromatic rings. The summed E-state index contributed by atoms with van der Waals surface area (Å²) in [5.74, 6) is -0.827. The monoisotopic (exact) mass is 299 g/mol. The Morgan fingerprint density at radius 2 is 2.19 bits per heavy atom. The minimum absolute atomic E-state index is 0.0502. The number of ether oxygens (including phenoxy) is 2. The summed E-state index contributed by atoms with van der Waals surface area (Å²) in [5.41, 5.74) is -0.491. The number of unbranched alkanes of at least 4 members (excludes halogenated alkanes) is 1. The number of methoxy groups -OCH3 is 1. The highest BCUT2D eigenvalue weighted by atomic mass is 16.5. The van der Waals surface area contributed by atoms with E-state index in [4.69, 9.17) is 9.84 Å². The number of aliphatic hydroxyl groups is 2. The van der Waals surface area contributed by atoms with Crippen molar-refractivity contribution in [2.24, 2.45) is 0 Å². The first-order chi connectivity index (χ1) is 10.0. The third kappa shape index (κ3) is 4.57. The largest absolute Gasteiger partial charge is 0.487 e. The van der Waals surface area contributed by atoms with E-state index in [0.717, 1.165) is 12.8 Å². The molecular weight excluding hydrogens is 278 g/mol. The van der Waals surface area contributed by atoms with Crippen LogP contribution in [0.4, 0.5) is 0 Å². The first-order valence-electron chi connectivity index (χ1n) is 6.78. The van der Waals surface area contributed by atoms with Gasteiger partial charge in [-0.2, -0.15) is 0 Å². The predicted molar refractivity (Wildman–Crippen MR) is 75.5 cm³/mol. The van der Waals surface area contributed by atoms with Crippen LogP contribution in [-0.2, 0) is 11.3 Å². The zero-order valence-electron chi connectivity index (χ0n) is 12.2. The van der Waals surface area contributed by atoms with Gasteiger partial charge in [0, 0.05) is 12.3 Å². The van der Waals surface area contributed by atoms with Gasteiger partial charge < -0.3 is 24.3 Å². The summed E-state index contributed by atoms with van der Waals surface area (Å²) in [5, 5.41) is 18.4. The van der Waals surface area contributed by atoms with Gasteiger partial charge in [0.15, 0.2) is 11.4 Å². The van der Waals surface area contributed by atoms with E-state index in [0.29, 0.717) is 6.61 Å². The summed E-state index contributed by atoms with van der Waals surface area (Å²) in [4.78, 5) is 23.8. The van der Waals surface area contributed by atoms with Crippen molar-refractivity contribution < 1.29 is 24.5 Å². The molecular formula is C14H21NO6. The highest BCUT2D eigenvalue weighted by Gasteiger charge is 2.21. The molecule has 1 heterocycles. The SMILES string of the molecule is CCCCOc1c(C(=O)OC)n(CC(O)CO)ccc1=O. The molecule has 21 heavy (non-hydrogen) atoms. The van der Waals surface area contributed by atoms with E-state index < -0.39 is 24.1 Å². The smallest absolute Gasteiger partial charge is 0.358 e. The van der Waals surface area contributed by atoms with Crippen molar-refractivity contribution in [1.29, 1.82) is 0 Å². The number of rotatable bonds is 8. The maximum absolute atomic E-state index is 11.9. The van der Waals surface area contributed by atoms with E-state index in [-0.39, 0.29) is 18.0 Å². The molecule has 0 aliphatic carbocycles. The fourth-order valence-electron chi connectivity index (χ4n) is 1.76. The molecule has 0 aliphatic heterocycles. The second-order valence-electron chi connectivity index (χ2n) is 4.54.